The summed E-state index contributed by atoms with van der Waals surface area (Å²) < 4.78 is 0. The Morgan fingerprint density at radius 1 is 1.57 bits per heavy atom. The lowest BCUT2D eigenvalue weighted by molar-refractivity contribution is 0.0684. The van der Waals surface area contributed by atoms with E-state index in [1.165, 1.54) is 12.8 Å². The van der Waals surface area contributed by atoms with E-state index in [0.717, 1.165) is 18.5 Å². The summed E-state index contributed by atoms with van der Waals surface area (Å²) in [4.78, 5) is 17.4. The van der Waals surface area contributed by atoms with Gasteiger partial charge in [-0.1, -0.05) is 19.8 Å². The van der Waals surface area contributed by atoms with Crippen LogP contribution in [0.1, 0.15) is 48.9 Å². The molecule has 1 heterocycles. The maximum Gasteiger partial charge on any atom is 0.371 e. The Morgan fingerprint density at radius 2 is 2.21 bits per heavy atom. The number of hydrogen-bond acceptors (Lipinski definition) is 2. The van der Waals surface area contributed by atoms with E-state index < -0.39 is 5.97 Å². The maximum absolute atomic E-state index is 10.6. The molecule has 0 saturated heterocycles. The average Bonchev–Trinajstić information content (AvgIpc) is 2.71. The quantitative estimate of drug-likeness (QED) is 0.756. The molecule has 4 heteroatoms. The second kappa shape index (κ2) is 3.12. The molecule has 1 aliphatic rings. The van der Waals surface area contributed by atoms with E-state index in [1.54, 1.807) is 6.20 Å². The van der Waals surface area contributed by atoms with Gasteiger partial charge in [-0.3, -0.25) is 0 Å². The second-order valence-corrected chi connectivity index (χ2v) is 4.22. The first-order valence-electron chi connectivity index (χ1n) is 4.91. The monoisotopic (exact) mass is 194 g/mol. The molecular weight excluding hydrogens is 180 g/mol. The van der Waals surface area contributed by atoms with Crippen molar-refractivity contribution in [3.63, 3.8) is 0 Å². The number of H-pyrrole nitrogens is 1. The molecule has 0 atom stereocenters. The van der Waals surface area contributed by atoms with E-state index in [-0.39, 0.29) is 11.2 Å². The minimum atomic E-state index is -0.988. The van der Waals surface area contributed by atoms with Crippen molar-refractivity contribution in [2.75, 3.05) is 0 Å². The number of carbonyl (C=O) groups is 1. The number of aromatic amines is 1. The number of aromatic nitrogens is 2. The van der Waals surface area contributed by atoms with E-state index in [4.69, 9.17) is 5.11 Å². The SMILES string of the molecule is CC1(c2cnc(C(=O)O)[nH]2)CCCC1. The van der Waals surface area contributed by atoms with Crippen LogP contribution in [0.3, 0.4) is 0 Å². The van der Waals surface area contributed by atoms with Crippen molar-refractivity contribution in [1.82, 2.24) is 9.97 Å². The van der Waals surface area contributed by atoms with Crippen LogP contribution in [-0.2, 0) is 5.41 Å². The minimum absolute atomic E-state index is 0.0492. The molecule has 0 bridgehead atoms. The van der Waals surface area contributed by atoms with Crippen LogP contribution in [0.25, 0.3) is 0 Å². The maximum atomic E-state index is 10.6. The van der Waals surface area contributed by atoms with Crippen molar-refractivity contribution in [1.29, 1.82) is 0 Å². The lowest BCUT2D eigenvalue weighted by atomic mass is 9.86. The summed E-state index contributed by atoms with van der Waals surface area (Å²) in [6, 6.07) is 0. The van der Waals surface area contributed by atoms with Gasteiger partial charge in [0.05, 0.1) is 0 Å². The molecule has 4 nitrogen and oxygen atoms in total. The topological polar surface area (TPSA) is 66.0 Å². The fraction of sp³-hybridized carbons (Fsp3) is 0.600. The van der Waals surface area contributed by atoms with Gasteiger partial charge in [-0.05, 0) is 12.8 Å². The van der Waals surface area contributed by atoms with Gasteiger partial charge in [0.2, 0.25) is 5.82 Å². The zero-order valence-electron chi connectivity index (χ0n) is 8.21. The molecule has 76 valence electrons. The Kier molecular flexibility index (Phi) is 2.06. The van der Waals surface area contributed by atoms with Gasteiger partial charge in [-0.2, -0.15) is 0 Å². The van der Waals surface area contributed by atoms with Crippen LogP contribution in [0.5, 0.6) is 0 Å². The first-order valence-corrected chi connectivity index (χ1v) is 4.91. The van der Waals surface area contributed by atoms with Crippen LogP contribution in [0.15, 0.2) is 6.20 Å². The number of rotatable bonds is 2. The number of carboxylic acids is 1. The Bertz CT molecular complexity index is 351. The largest absolute Gasteiger partial charge is 0.475 e. The van der Waals surface area contributed by atoms with Crippen molar-refractivity contribution < 1.29 is 9.90 Å². The van der Waals surface area contributed by atoms with Crippen LogP contribution in [0, 0.1) is 0 Å². The number of hydrogen-bond donors (Lipinski definition) is 2. The molecule has 2 N–H and O–H groups in total. The van der Waals surface area contributed by atoms with Crippen LogP contribution in [0.4, 0.5) is 0 Å². The Morgan fingerprint density at radius 3 is 2.71 bits per heavy atom. The molecule has 0 amide bonds. The summed E-state index contributed by atoms with van der Waals surface area (Å²) in [5, 5.41) is 8.73. The van der Waals surface area contributed by atoms with Gasteiger partial charge in [-0.15, -0.1) is 0 Å². The Balaban J connectivity index is 2.28. The number of carboxylic acid groups (broad SMARTS) is 1. The molecule has 1 aliphatic carbocycles. The first kappa shape index (κ1) is 9.24. The molecule has 2 rings (SSSR count). The predicted molar refractivity (Wildman–Crippen MR) is 51.4 cm³/mol. The van der Waals surface area contributed by atoms with Crippen LogP contribution in [-0.4, -0.2) is 21.0 Å². The van der Waals surface area contributed by atoms with Gasteiger partial charge in [0, 0.05) is 17.3 Å². The molecule has 0 aliphatic heterocycles. The number of aromatic carboxylic acids is 1. The predicted octanol–water partition coefficient (Wildman–Crippen LogP) is 1.94. The van der Waals surface area contributed by atoms with Crippen molar-refractivity contribution in [3.8, 4) is 0 Å². The van der Waals surface area contributed by atoms with Crippen LogP contribution < -0.4 is 0 Å². The van der Waals surface area contributed by atoms with Crippen molar-refractivity contribution >= 4 is 5.97 Å². The molecular formula is C10H14N2O2. The summed E-state index contributed by atoms with van der Waals surface area (Å²) in [7, 11) is 0. The highest BCUT2D eigenvalue weighted by Gasteiger charge is 2.32. The molecule has 1 aromatic rings. The Hall–Kier alpha value is -1.32. The number of imidazole rings is 1. The zero-order valence-corrected chi connectivity index (χ0v) is 8.21. The van der Waals surface area contributed by atoms with Crippen molar-refractivity contribution in [3.05, 3.63) is 17.7 Å². The highest BCUT2D eigenvalue weighted by molar-refractivity contribution is 5.83. The average molecular weight is 194 g/mol. The van der Waals surface area contributed by atoms with Crippen LogP contribution >= 0.6 is 0 Å². The zero-order chi connectivity index (χ0) is 10.2. The molecule has 14 heavy (non-hydrogen) atoms. The van der Waals surface area contributed by atoms with Gasteiger partial charge in [0.1, 0.15) is 0 Å². The lowest BCUT2D eigenvalue weighted by Crippen LogP contribution is -2.17. The number of nitrogens with one attached hydrogen (secondary N) is 1. The van der Waals surface area contributed by atoms with E-state index in [0.29, 0.717) is 0 Å². The Labute approximate surface area is 82.4 Å². The lowest BCUT2D eigenvalue weighted by Gasteiger charge is -2.20. The molecule has 1 aromatic heterocycles. The standard InChI is InChI=1S/C10H14N2O2/c1-10(4-2-3-5-10)7-6-11-8(12-7)9(13)14/h6H,2-5H2,1H3,(H,11,12)(H,13,14). The molecule has 0 aromatic carbocycles. The van der Waals surface area contributed by atoms with Crippen LogP contribution in [0.2, 0.25) is 0 Å². The fourth-order valence-corrected chi connectivity index (χ4v) is 2.16. The van der Waals surface area contributed by atoms with E-state index in [9.17, 15) is 4.79 Å². The van der Waals surface area contributed by atoms with Gasteiger partial charge >= 0.3 is 5.97 Å². The third-order valence-corrected chi connectivity index (χ3v) is 3.14. The van der Waals surface area contributed by atoms with Crippen molar-refractivity contribution in [2.45, 2.75) is 38.0 Å². The molecule has 0 unspecified atom stereocenters. The van der Waals surface area contributed by atoms with Gasteiger partial charge in [-0.25, -0.2) is 9.78 Å². The van der Waals surface area contributed by atoms with Gasteiger partial charge in [0.15, 0.2) is 0 Å². The van der Waals surface area contributed by atoms with E-state index in [2.05, 4.69) is 16.9 Å². The summed E-state index contributed by atoms with van der Waals surface area (Å²) in [5.41, 5.74) is 1.08. The second-order valence-electron chi connectivity index (χ2n) is 4.22. The van der Waals surface area contributed by atoms with E-state index >= 15 is 0 Å². The first-order chi connectivity index (χ1) is 6.62. The highest BCUT2D eigenvalue weighted by atomic mass is 16.4. The normalized spacial score (nSPS) is 19.8. The third kappa shape index (κ3) is 1.41. The smallest absolute Gasteiger partial charge is 0.371 e. The summed E-state index contributed by atoms with van der Waals surface area (Å²) in [6.07, 6.45) is 6.34. The molecule has 1 fully saturated rings. The summed E-state index contributed by atoms with van der Waals surface area (Å²) >= 11 is 0. The van der Waals surface area contributed by atoms with E-state index in [1.807, 2.05) is 0 Å². The molecule has 0 spiro atoms. The summed E-state index contributed by atoms with van der Waals surface area (Å²) in [6.45, 7) is 2.17. The third-order valence-electron chi connectivity index (χ3n) is 3.14. The summed E-state index contributed by atoms with van der Waals surface area (Å²) in [5.74, 6) is -0.939. The highest BCUT2D eigenvalue weighted by Crippen LogP contribution is 2.39. The molecule has 0 radical (unpaired) electrons. The minimum Gasteiger partial charge on any atom is -0.475 e. The number of nitrogens with zero attached hydrogens (tertiary/aromatic N) is 1. The fourth-order valence-electron chi connectivity index (χ4n) is 2.16. The van der Waals surface area contributed by atoms with Gasteiger partial charge in [0.25, 0.3) is 0 Å². The van der Waals surface area contributed by atoms with Crippen molar-refractivity contribution in [2.24, 2.45) is 0 Å². The van der Waals surface area contributed by atoms with Gasteiger partial charge < -0.3 is 10.1 Å². The molecule has 1 saturated carbocycles.